The van der Waals surface area contributed by atoms with Gasteiger partial charge >= 0.3 is 0 Å². The van der Waals surface area contributed by atoms with Crippen LogP contribution in [0.5, 0.6) is 5.88 Å². The van der Waals surface area contributed by atoms with Crippen LogP contribution in [0, 0.1) is 5.82 Å². The Bertz CT molecular complexity index is 716. The van der Waals surface area contributed by atoms with Crippen molar-refractivity contribution < 1.29 is 18.3 Å². The third kappa shape index (κ3) is 2.69. The van der Waals surface area contributed by atoms with E-state index in [9.17, 15) is 9.18 Å². The van der Waals surface area contributed by atoms with Crippen molar-refractivity contribution in [1.29, 1.82) is 0 Å². The molecular formula is C16H15FN2O3S. The second-order valence-corrected chi connectivity index (χ2v) is 7.35. The lowest BCUT2D eigenvalue weighted by Gasteiger charge is -2.46. The molecule has 5 nitrogen and oxygen atoms in total. The van der Waals surface area contributed by atoms with Gasteiger partial charge in [-0.3, -0.25) is 4.79 Å². The summed E-state index contributed by atoms with van der Waals surface area (Å²) in [4.78, 5) is 17.9. The number of pyridine rings is 1. The average molecular weight is 334 g/mol. The smallest absolute Gasteiger partial charge is 0.289 e. The fourth-order valence-electron chi connectivity index (χ4n) is 3.06. The Labute approximate surface area is 136 Å². The number of halogens is 1. The summed E-state index contributed by atoms with van der Waals surface area (Å²) in [5, 5.41) is 0. The summed E-state index contributed by atoms with van der Waals surface area (Å²) in [5.41, 5.74) is 0. The number of ether oxygens (including phenoxy) is 1. The Morgan fingerprint density at radius 3 is 3.04 bits per heavy atom. The van der Waals surface area contributed by atoms with E-state index in [0.29, 0.717) is 18.8 Å². The molecule has 0 N–H and O–H groups in total. The van der Waals surface area contributed by atoms with Gasteiger partial charge in [0.05, 0.1) is 11.0 Å². The van der Waals surface area contributed by atoms with E-state index in [2.05, 4.69) is 4.98 Å². The summed E-state index contributed by atoms with van der Waals surface area (Å²) in [6.45, 7) is 1.34. The van der Waals surface area contributed by atoms with Crippen LogP contribution in [0.1, 0.15) is 17.0 Å². The van der Waals surface area contributed by atoms with Gasteiger partial charge in [0.1, 0.15) is 6.10 Å². The van der Waals surface area contributed by atoms with Crippen molar-refractivity contribution in [1.82, 2.24) is 9.88 Å². The third-order valence-electron chi connectivity index (χ3n) is 4.16. The molecule has 0 aliphatic carbocycles. The fraction of sp³-hybridized carbons (Fsp3) is 0.375. The Hall–Kier alpha value is -2.02. The molecule has 1 amide bonds. The summed E-state index contributed by atoms with van der Waals surface area (Å²) in [6.07, 6.45) is 3.72. The lowest BCUT2D eigenvalue weighted by atomic mass is 9.92. The molecule has 0 radical (unpaired) electrons. The zero-order valence-electron chi connectivity index (χ0n) is 12.3. The van der Waals surface area contributed by atoms with Crippen LogP contribution < -0.4 is 4.74 Å². The van der Waals surface area contributed by atoms with Crippen molar-refractivity contribution >= 4 is 17.7 Å². The van der Waals surface area contributed by atoms with E-state index < -0.39 is 5.82 Å². The SMILES string of the molecule is O=C(c1ccco1)N1CC2(C[C@@H](Oc3ncccc3F)CS2)C1. The zero-order chi connectivity index (χ0) is 15.9. The molecule has 0 unspecified atom stereocenters. The van der Waals surface area contributed by atoms with Crippen molar-refractivity contribution in [2.24, 2.45) is 0 Å². The van der Waals surface area contributed by atoms with Gasteiger partial charge in [0.15, 0.2) is 11.6 Å². The van der Waals surface area contributed by atoms with Crippen LogP contribution in [0.2, 0.25) is 0 Å². The van der Waals surface area contributed by atoms with Crippen molar-refractivity contribution in [3.05, 3.63) is 48.3 Å². The Morgan fingerprint density at radius 2 is 2.30 bits per heavy atom. The lowest BCUT2D eigenvalue weighted by molar-refractivity contribution is 0.0483. The van der Waals surface area contributed by atoms with Gasteiger partial charge in [-0.25, -0.2) is 9.37 Å². The van der Waals surface area contributed by atoms with Gasteiger partial charge in [-0.15, -0.1) is 11.8 Å². The van der Waals surface area contributed by atoms with Crippen molar-refractivity contribution in [2.75, 3.05) is 18.8 Å². The van der Waals surface area contributed by atoms with E-state index in [1.165, 1.54) is 24.6 Å². The number of likely N-dealkylation sites (tertiary alicyclic amines) is 1. The van der Waals surface area contributed by atoms with E-state index >= 15 is 0 Å². The number of rotatable bonds is 3. The van der Waals surface area contributed by atoms with E-state index in [1.807, 2.05) is 0 Å². The molecule has 2 fully saturated rings. The van der Waals surface area contributed by atoms with Crippen LogP contribution in [-0.4, -0.2) is 45.5 Å². The highest BCUT2D eigenvalue weighted by Crippen LogP contribution is 2.46. The van der Waals surface area contributed by atoms with Gasteiger partial charge in [0.2, 0.25) is 0 Å². The molecule has 2 saturated heterocycles. The van der Waals surface area contributed by atoms with E-state index in [1.54, 1.807) is 28.8 Å². The normalized spacial score (nSPS) is 22.1. The highest BCUT2D eigenvalue weighted by Gasteiger charge is 2.51. The van der Waals surface area contributed by atoms with Gasteiger partial charge in [-0.1, -0.05) is 0 Å². The van der Waals surface area contributed by atoms with Crippen LogP contribution in [0.25, 0.3) is 0 Å². The highest BCUT2D eigenvalue weighted by molar-refractivity contribution is 8.01. The molecule has 0 aromatic carbocycles. The van der Waals surface area contributed by atoms with E-state index in [-0.39, 0.29) is 22.6 Å². The summed E-state index contributed by atoms with van der Waals surface area (Å²) in [7, 11) is 0. The summed E-state index contributed by atoms with van der Waals surface area (Å²) >= 11 is 1.78. The predicted octanol–water partition coefficient (Wildman–Crippen LogP) is 2.59. The topological polar surface area (TPSA) is 55.6 Å². The summed E-state index contributed by atoms with van der Waals surface area (Å²) < 4.78 is 24.4. The molecule has 120 valence electrons. The third-order valence-corrected chi connectivity index (χ3v) is 5.73. The van der Waals surface area contributed by atoms with Gasteiger partial charge in [-0.2, -0.15) is 0 Å². The molecule has 1 atom stereocenters. The zero-order valence-corrected chi connectivity index (χ0v) is 13.1. The van der Waals surface area contributed by atoms with E-state index in [0.717, 1.165) is 12.2 Å². The first kappa shape index (κ1) is 14.6. The van der Waals surface area contributed by atoms with E-state index in [4.69, 9.17) is 9.15 Å². The number of aromatic nitrogens is 1. The minimum absolute atomic E-state index is 0.0121. The Balaban J connectivity index is 1.35. The molecule has 23 heavy (non-hydrogen) atoms. The van der Waals surface area contributed by atoms with Gasteiger partial charge in [0, 0.05) is 31.5 Å². The number of thioether (sulfide) groups is 1. The minimum Gasteiger partial charge on any atom is -0.471 e. The molecule has 0 bridgehead atoms. The summed E-state index contributed by atoms with van der Waals surface area (Å²) in [5.74, 6) is 0.672. The number of hydrogen-bond donors (Lipinski definition) is 0. The Kier molecular flexibility index (Phi) is 3.52. The van der Waals surface area contributed by atoms with Crippen molar-refractivity contribution in [2.45, 2.75) is 17.3 Å². The maximum Gasteiger partial charge on any atom is 0.289 e. The molecule has 1 spiro atoms. The molecule has 0 saturated carbocycles. The minimum atomic E-state index is -0.443. The molecule has 4 heterocycles. The maximum absolute atomic E-state index is 13.6. The van der Waals surface area contributed by atoms with Crippen LogP contribution in [-0.2, 0) is 0 Å². The first-order chi connectivity index (χ1) is 11.2. The standard InChI is InChI=1S/C16H15FN2O3S/c17-12-3-1-5-18-14(12)22-11-7-16(23-8-11)9-19(10-16)15(20)13-4-2-6-21-13/h1-6,11H,7-10H2/t11-/m1/s1. The Morgan fingerprint density at radius 1 is 1.43 bits per heavy atom. The predicted molar refractivity (Wildman–Crippen MR) is 83.0 cm³/mol. The largest absolute Gasteiger partial charge is 0.471 e. The molecule has 7 heteroatoms. The van der Waals surface area contributed by atoms with Crippen molar-refractivity contribution in [3.63, 3.8) is 0 Å². The summed E-state index contributed by atoms with van der Waals surface area (Å²) in [6, 6.07) is 6.26. The maximum atomic E-state index is 13.6. The lowest BCUT2D eigenvalue weighted by Crippen LogP contribution is -2.60. The number of furan rings is 1. The van der Waals surface area contributed by atoms with Crippen molar-refractivity contribution in [3.8, 4) is 5.88 Å². The van der Waals surface area contributed by atoms with Crippen LogP contribution >= 0.6 is 11.8 Å². The molecular weight excluding hydrogens is 319 g/mol. The number of carbonyl (C=O) groups is 1. The second-order valence-electron chi connectivity index (χ2n) is 5.87. The number of carbonyl (C=O) groups excluding carboxylic acids is 1. The monoisotopic (exact) mass is 334 g/mol. The van der Waals surface area contributed by atoms with Crippen LogP contribution in [0.3, 0.4) is 0 Å². The molecule has 2 aromatic heterocycles. The molecule has 4 rings (SSSR count). The average Bonchev–Trinajstić information content (AvgIpc) is 3.17. The quantitative estimate of drug-likeness (QED) is 0.863. The van der Waals surface area contributed by atoms with Crippen LogP contribution in [0.15, 0.2) is 41.1 Å². The van der Waals surface area contributed by atoms with Gasteiger partial charge in [0.25, 0.3) is 11.8 Å². The second kappa shape index (κ2) is 5.56. The number of amides is 1. The van der Waals surface area contributed by atoms with Gasteiger partial charge in [-0.05, 0) is 24.3 Å². The van der Waals surface area contributed by atoms with Crippen LogP contribution in [0.4, 0.5) is 4.39 Å². The highest BCUT2D eigenvalue weighted by atomic mass is 32.2. The number of nitrogens with zero attached hydrogens (tertiary/aromatic N) is 2. The molecule has 2 aliphatic heterocycles. The van der Waals surface area contributed by atoms with Gasteiger partial charge < -0.3 is 14.1 Å². The molecule has 2 aliphatic rings. The fourth-order valence-corrected chi connectivity index (χ4v) is 4.59. The first-order valence-electron chi connectivity index (χ1n) is 7.39. The molecule has 2 aromatic rings. The first-order valence-corrected chi connectivity index (χ1v) is 8.38. The number of hydrogen-bond acceptors (Lipinski definition) is 5.